The molecule has 1 heterocycles. The second-order valence-electron chi connectivity index (χ2n) is 5.88. The summed E-state index contributed by atoms with van der Waals surface area (Å²) in [4.78, 5) is 25.2. The molecule has 0 radical (unpaired) electrons. The van der Waals surface area contributed by atoms with Crippen molar-refractivity contribution in [3.8, 4) is 16.9 Å². The van der Waals surface area contributed by atoms with Gasteiger partial charge in [0.25, 0.3) is 0 Å². The Morgan fingerprint density at radius 3 is 2.21 bits per heavy atom. The minimum atomic E-state index is -0.735. The zero-order valence-electron chi connectivity index (χ0n) is 15.3. The number of esters is 2. The van der Waals surface area contributed by atoms with Crippen LogP contribution in [0.4, 0.5) is 0 Å². The fraction of sp³-hybridized carbons (Fsp3) is 0.150. The van der Waals surface area contributed by atoms with Crippen molar-refractivity contribution in [2.45, 2.75) is 6.92 Å². The molecule has 0 saturated carbocycles. The van der Waals surface area contributed by atoms with E-state index in [9.17, 15) is 9.59 Å². The summed E-state index contributed by atoms with van der Waals surface area (Å²) in [6.07, 6.45) is 0. The van der Waals surface area contributed by atoms with Crippen molar-refractivity contribution >= 4 is 35.1 Å². The van der Waals surface area contributed by atoms with Crippen LogP contribution in [-0.4, -0.2) is 35.9 Å². The third kappa shape index (κ3) is 3.48. The van der Waals surface area contributed by atoms with E-state index < -0.39 is 11.9 Å². The Morgan fingerprint density at radius 1 is 0.964 bits per heavy atom. The summed E-state index contributed by atoms with van der Waals surface area (Å²) in [5.41, 5.74) is 1.86. The van der Waals surface area contributed by atoms with Crippen LogP contribution >= 0.6 is 23.2 Å². The number of halogens is 2. The van der Waals surface area contributed by atoms with Crippen LogP contribution in [0.3, 0.4) is 0 Å². The third-order valence-electron chi connectivity index (χ3n) is 4.16. The molecule has 0 aliphatic rings. The molecule has 2 aromatic carbocycles. The maximum Gasteiger partial charge on any atom is 0.357 e. The predicted molar refractivity (Wildman–Crippen MR) is 106 cm³/mol. The van der Waals surface area contributed by atoms with Crippen molar-refractivity contribution in [1.82, 2.24) is 9.78 Å². The van der Waals surface area contributed by atoms with Gasteiger partial charge in [-0.1, -0.05) is 41.4 Å². The first-order valence-corrected chi connectivity index (χ1v) is 8.95. The number of hydrogen-bond acceptors (Lipinski definition) is 5. The zero-order valence-corrected chi connectivity index (χ0v) is 16.8. The Morgan fingerprint density at radius 2 is 1.61 bits per heavy atom. The van der Waals surface area contributed by atoms with Crippen molar-refractivity contribution in [1.29, 1.82) is 0 Å². The lowest BCUT2D eigenvalue weighted by Crippen LogP contribution is -2.15. The molecular formula is C20H16Cl2N2O4. The third-order valence-corrected chi connectivity index (χ3v) is 4.88. The summed E-state index contributed by atoms with van der Waals surface area (Å²) in [5, 5.41) is 5.27. The number of carbonyl (C=O) groups excluding carboxylic acids is 2. The number of carbonyl (C=O) groups is 2. The number of para-hydroxylation sites is 1. The fourth-order valence-corrected chi connectivity index (χ4v) is 3.25. The van der Waals surface area contributed by atoms with Crippen LogP contribution in [0.5, 0.6) is 0 Å². The van der Waals surface area contributed by atoms with E-state index in [1.807, 2.05) is 6.07 Å². The molecule has 3 aromatic rings. The molecule has 144 valence electrons. The first kappa shape index (κ1) is 19.9. The van der Waals surface area contributed by atoms with Crippen LogP contribution in [0, 0.1) is 6.92 Å². The highest BCUT2D eigenvalue weighted by Crippen LogP contribution is 2.36. The van der Waals surface area contributed by atoms with Gasteiger partial charge in [0.05, 0.1) is 24.9 Å². The molecule has 0 aliphatic heterocycles. The van der Waals surface area contributed by atoms with Gasteiger partial charge in [-0.3, -0.25) is 0 Å². The van der Waals surface area contributed by atoms with Crippen molar-refractivity contribution < 1.29 is 19.1 Å². The molecule has 28 heavy (non-hydrogen) atoms. The number of benzene rings is 2. The molecule has 0 fully saturated rings. The minimum absolute atomic E-state index is 0.0400. The largest absolute Gasteiger partial charge is 0.465 e. The monoisotopic (exact) mass is 418 g/mol. The van der Waals surface area contributed by atoms with Crippen LogP contribution in [0.1, 0.15) is 26.4 Å². The summed E-state index contributed by atoms with van der Waals surface area (Å²) in [6.45, 7) is 1.80. The minimum Gasteiger partial charge on any atom is -0.465 e. The number of aryl methyl sites for hydroxylation is 1. The second-order valence-corrected chi connectivity index (χ2v) is 6.70. The van der Waals surface area contributed by atoms with Gasteiger partial charge in [-0.05, 0) is 36.8 Å². The van der Waals surface area contributed by atoms with E-state index in [1.165, 1.54) is 18.9 Å². The van der Waals surface area contributed by atoms with Gasteiger partial charge in [-0.2, -0.15) is 5.10 Å². The van der Waals surface area contributed by atoms with E-state index in [-0.39, 0.29) is 22.0 Å². The summed E-state index contributed by atoms with van der Waals surface area (Å²) in [6, 6.07) is 12.2. The molecule has 0 saturated heterocycles. The molecule has 0 atom stereocenters. The Labute approximate surface area is 171 Å². The summed E-state index contributed by atoms with van der Waals surface area (Å²) in [7, 11) is 2.45. The lowest BCUT2D eigenvalue weighted by atomic mass is 10.0. The van der Waals surface area contributed by atoms with Gasteiger partial charge in [-0.25, -0.2) is 14.3 Å². The molecule has 0 spiro atoms. The number of aromatic nitrogens is 2. The van der Waals surface area contributed by atoms with E-state index in [0.717, 1.165) is 5.56 Å². The second kappa shape index (κ2) is 8.04. The standard InChI is InChI=1S/C20H16Cl2N2O4/c1-11-9-13(15(22)10-14(11)21)17-16(19(25)27-2)18(20(26)28-3)24(23-17)12-7-5-4-6-8-12/h4-10H,1-3H3. The first-order valence-electron chi connectivity index (χ1n) is 8.20. The molecule has 3 rings (SSSR count). The van der Waals surface area contributed by atoms with Crippen LogP contribution in [0.25, 0.3) is 16.9 Å². The maximum absolute atomic E-state index is 12.6. The van der Waals surface area contributed by atoms with Crippen LogP contribution in [0.2, 0.25) is 10.0 Å². The first-order chi connectivity index (χ1) is 13.4. The molecule has 0 N–H and O–H groups in total. The lowest BCUT2D eigenvalue weighted by Gasteiger charge is -2.07. The average molecular weight is 419 g/mol. The molecule has 0 bridgehead atoms. The molecule has 0 amide bonds. The van der Waals surface area contributed by atoms with Crippen molar-refractivity contribution in [2.24, 2.45) is 0 Å². The SMILES string of the molecule is COC(=O)c1c(-c2cc(C)c(Cl)cc2Cl)nn(-c2ccccc2)c1C(=O)OC. The van der Waals surface area contributed by atoms with Crippen molar-refractivity contribution in [3.63, 3.8) is 0 Å². The average Bonchev–Trinajstić information content (AvgIpc) is 3.10. The normalized spacial score (nSPS) is 10.6. The predicted octanol–water partition coefficient (Wildman–Crippen LogP) is 4.73. The Balaban J connectivity index is 2.40. The summed E-state index contributed by atoms with van der Waals surface area (Å²) in [5.74, 6) is -1.47. The van der Waals surface area contributed by atoms with Crippen LogP contribution in [0.15, 0.2) is 42.5 Å². The molecule has 0 aliphatic carbocycles. The number of nitrogens with zero attached hydrogens (tertiary/aromatic N) is 2. The number of rotatable bonds is 4. The van der Waals surface area contributed by atoms with E-state index in [0.29, 0.717) is 16.3 Å². The van der Waals surface area contributed by atoms with Gasteiger partial charge >= 0.3 is 11.9 Å². The molecule has 8 heteroatoms. The summed E-state index contributed by atoms with van der Waals surface area (Å²) >= 11 is 12.5. The van der Waals surface area contributed by atoms with E-state index in [4.69, 9.17) is 32.7 Å². The molecule has 6 nitrogen and oxygen atoms in total. The number of methoxy groups -OCH3 is 2. The highest BCUT2D eigenvalue weighted by molar-refractivity contribution is 6.37. The highest BCUT2D eigenvalue weighted by atomic mass is 35.5. The number of hydrogen-bond donors (Lipinski definition) is 0. The van der Waals surface area contributed by atoms with Gasteiger partial charge in [0.1, 0.15) is 11.3 Å². The van der Waals surface area contributed by atoms with Crippen LogP contribution in [-0.2, 0) is 9.47 Å². The smallest absolute Gasteiger partial charge is 0.357 e. The fourth-order valence-electron chi connectivity index (χ4n) is 2.78. The van der Waals surface area contributed by atoms with Gasteiger partial charge in [-0.15, -0.1) is 0 Å². The molecule has 0 unspecified atom stereocenters. The maximum atomic E-state index is 12.6. The summed E-state index contributed by atoms with van der Waals surface area (Å²) < 4.78 is 11.1. The highest BCUT2D eigenvalue weighted by Gasteiger charge is 2.32. The van der Waals surface area contributed by atoms with Crippen molar-refractivity contribution in [3.05, 3.63) is 69.3 Å². The van der Waals surface area contributed by atoms with Gasteiger partial charge in [0.15, 0.2) is 5.69 Å². The van der Waals surface area contributed by atoms with E-state index >= 15 is 0 Å². The topological polar surface area (TPSA) is 70.4 Å². The van der Waals surface area contributed by atoms with Crippen molar-refractivity contribution in [2.75, 3.05) is 14.2 Å². The van der Waals surface area contributed by atoms with Gasteiger partial charge < -0.3 is 9.47 Å². The van der Waals surface area contributed by atoms with Gasteiger partial charge in [0, 0.05) is 10.6 Å². The van der Waals surface area contributed by atoms with Crippen LogP contribution < -0.4 is 0 Å². The number of ether oxygens (including phenoxy) is 2. The lowest BCUT2D eigenvalue weighted by molar-refractivity contribution is 0.0549. The Hall–Kier alpha value is -2.83. The van der Waals surface area contributed by atoms with E-state index in [1.54, 1.807) is 43.3 Å². The quantitative estimate of drug-likeness (QED) is 0.572. The Bertz CT molecular complexity index is 1060. The van der Waals surface area contributed by atoms with E-state index in [2.05, 4.69) is 5.10 Å². The zero-order chi connectivity index (χ0) is 20.4. The molecule has 1 aromatic heterocycles. The molecular weight excluding hydrogens is 403 g/mol. The van der Waals surface area contributed by atoms with Gasteiger partial charge in [0.2, 0.25) is 0 Å². The Kier molecular flexibility index (Phi) is 5.72.